The molecule has 1 N–H and O–H groups in total. The van der Waals surface area contributed by atoms with E-state index in [-0.39, 0.29) is 10.8 Å². The summed E-state index contributed by atoms with van der Waals surface area (Å²) >= 11 is 0. The first kappa shape index (κ1) is 15.0. The molecule has 2 atom stereocenters. The minimum Gasteiger partial charge on any atom is -0.390 e. The van der Waals surface area contributed by atoms with Crippen molar-refractivity contribution < 1.29 is 18.0 Å². The summed E-state index contributed by atoms with van der Waals surface area (Å²) in [4.78, 5) is 0.184. The maximum atomic E-state index is 12.8. The molecule has 0 unspecified atom stereocenters. The lowest BCUT2D eigenvalue weighted by atomic mass is 9.72. The van der Waals surface area contributed by atoms with Crippen LogP contribution in [0.1, 0.15) is 43.6 Å². The van der Waals surface area contributed by atoms with Gasteiger partial charge in [0.05, 0.1) is 5.60 Å². The minimum absolute atomic E-state index is 0.0373. The standard InChI is InChI=1S/C14H22N2O4S/c1-10-13(11(2)20-15-10)21(18,19)16-8-7-14(17)6-4-3-5-12(14)9-16/h12,17H,3-9H2,1-2H3/t12-,14-/m1/s1. The Morgan fingerprint density at radius 2 is 2.10 bits per heavy atom. The molecule has 1 saturated carbocycles. The molecule has 2 fully saturated rings. The Kier molecular flexibility index (Phi) is 3.62. The first-order valence-electron chi connectivity index (χ1n) is 7.50. The van der Waals surface area contributed by atoms with Crippen LogP contribution in [0.3, 0.4) is 0 Å². The third-order valence-electron chi connectivity index (χ3n) is 4.96. The van der Waals surface area contributed by atoms with E-state index >= 15 is 0 Å². The monoisotopic (exact) mass is 314 g/mol. The lowest BCUT2D eigenvalue weighted by molar-refractivity contribution is -0.0816. The lowest BCUT2D eigenvalue weighted by Gasteiger charge is -2.46. The average Bonchev–Trinajstić information content (AvgIpc) is 2.77. The molecular formula is C14H22N2O4S. The molecule has 2 heterocycles. The summed E-state index contributed by atoms with van der Waals surface area (Å²) in [7, 11) is -3.59. The van der Waals surface area contributed by atoms with Crippen LogP contribution in [-0.2, 0) is 10.0 Å². The molecule has 118 valence electrons. The molecule has 1 aliphatic carbocycles. The number of aryl methyl sites for hydroxylation is 2. The number of aliphatic hydroxyl groups is 1. The van der Waals surface area contributed by atoms with Crippen molar-refractivity contribution in [3.8, 4) is 0 Å². The fourth-order valence-electron chi connectivity index (χ4n) is 3.73. The van der Waals surface area contributed by atoms with Crippen LogP contribution < -0.4 is 0 Å². The van der Waals surface area contributed by atoms with E-state index in [9.17, 15) is 13.5 Å². The fraction of sp³-hybridized carbons (Fsp3) is 0.786. The molecule has 0 aromatic carbocycles. The third kappa shape index (κ3) is 2.41. The van der Waals surface area contributed by atoms with Crippen LogP contribution in [0.4, 0.5) is 0 Å². The van der Waals surface area contributed by atoms with Crippen LogP contribution in [0.15, 0.2) is 9.42 Å². The van der Waals surface area contributed by atoms with Crippen molar-refractivity contribution in [1.82, 2.24) is 9.46 Å². The van der Waals surface area contributed by atoms with Crippen molar-refractivity contribution >= 4 is 10.0 Å². The highest BCUT2D eigenvalue weighted by Gasteiger charge is 2.46. The largest absolute Gasteiger partial charge is 0.390 e. The van der Waals surface area contributed by atoms with Crippen LogP contribution in [-0.4, -0.2) is 41.7 Å². The van der Waals surface area contributed by atoms with Gasteiger partial charge in [0.15, 0.2) is 5.76 Å². The van der Waals surface area contributed by atoms with Crippen molar-refractivity contribution in [3.63, 3.8) is 0 Å². The summed E-state index contributed by atoms with van der Waals surface area (Å²) in [6, 6.07) is 0. The van der Waals surface area contributed by atoms with Crippen molar-refractivity contribution in [2.45, 2.75) is 56.4 Å². The van der Waals surface area contributed by atoms with E-state index in [4.69, 9.17) is 4.52 Å². The van der Waals surface area contributed by atoms with Gasteiger partial charge in [-0.3, -0.25) is 0 Å². The van der Waals surface area contributed by atoms with Crippen LogP contribution in [0, 0.1) is 19.8 Å². The third-order valence-corrected chi connectivity index (χ3v) is 7.07. The van der Waals surface area contributed by atoms with Gasteiger partial charge in [-0.25, -0.2) is 8.42 Å². The van der Waals surface area contributed by atoms with Gasteiger partial charge < -0.3 is 9.63 Å². The number of rotatable bonds is 2. The molecule has 1 aromatic rings. The highest BCUT2D eigenvalue weighted by molar-refractivity contribution is 7.89. The molecule has 6 nitrogen and oxygen atoms in total. The smallest absolute Gasteiger partial charge is 0.248 e. The van der Waals surface area contributed by atoms with Gasteiger partial charge >= 0.3 is 0 Å². The Bertz CT molecular complexity index is 620. The Hall–Kier alpha value is -0.920. The van der Waals surface area contributed by atoms with E-state index in [0.29, 0.717) is 31.0 Å². The van der Waals surface area contributed by atoms with E-state index in [1.54, 1.807) is 13.8 Å². The number of sulfonamides is 1. The van der Waals surface area contributed by atoms with Gasteiger partial charge in [0.2, 0.25) is 10.0 Å². The Morgan fingerprint density at radius 1 is 1.33 bits per heavy atom. The van der Waals surface area contributed by atoms with E-state index in [0.717, 1.165) is 25.7 Å². The van der Waals surface area contributed by atoms with Crippen molar-refractivity contribution in [1.29, 1.82) is 0 Å². The van der Waals surface area contributed by atoms with E-state index in [2.05, 4.69) is 5.16 Å². The van der Waals surface area contributed by atoms with Gasteiger partial charge in [0, 0.05) is 19.0 Å². The highest BCUT2D eigenvalue weighted by Crippen LogP contribution is 2.41. The van der Waals surface area contributed by atoms with Crippen LogP contribution >= 0.6 is 0 Å². The average molecular weight is 314 g/mol. The number of nitrogens with zero attached hydrogens (tertiary/aromatic N) is 2. The van der Waals surface area contributed by atoms with Crippen LogP contribution in [0.5, 0.6) is 0 Å². The van der Waals surface area contributed by atoms with Gasteiger partial charge in [-0.15, -0.1) is 0 Å². The first-order chi connectivity index (χ1) is 9.84. The summed E-state index contributed by atoms with van der Waals surface area (Å²) < 4.78 is 32.1. The number of hydrogen-bond donors (Lipinski definition) is 1. The highest BCUT2D eigenvalue weighted by atomic mass is 32.2. The molecule has 2 aliphatic rings. The zero-order chi connectivity index (χ0) is 15.3. The normalized spacial score (nSPS) is 31.1. The van der Waals surface area contributed by atoms with Gasteiger partial charge in [-0.05, 0) is 33.1 Å². The van der Waals surface area contributed by atoms with E-state index < -0.39 is 15.6 Å². The van der Waals surface area contributed by atoms with Crippen molar-refractivity contribution in [2.75, 3.05) is 13.1 Å². The quantitative estimate of drug-likeness (QED) is 0.896. The van der Waals surface area contributed by atoms with Crippen LogP contribution in [0.2, 0.25) is 0 Å². The molecule has 1 aliphatic heterocycles. The summed E-state index contributed by atoms with van der Waals surface area (Å²) in [5.41, 5.74) is -0.278. The predicted molar refractivity (Wildman–Crippen MR) is 76.3 cm³/mol. The zero-order valence-corrected chi connectivity index (χ0v) is 13.3. The van der Waals surface area contributed by atoms with E-state index in [1.165, 1.54) is 4.31 Å². The fourth-order valence-corrected chi connectivity index (χ4v) is 5.51. The molecular weight excluding hydrogens is 292 g/mol. The maximum absolute atomic E-state index is 12.8. The topological polar surface area (TPSA) is 83.6 Å². The molecule has 1 saturated heterocycles. The summed E-state index contributed by atoms with van der Waals surface area (Å²) in [6.45, 7) is 4.01. The Morgan fingerprint density at radius 3 is 2.76 bits per heavy atom. The van der Waals surface area contributed by atoms with Gasteiger partial charge in [-0.2, -0.15) is 4.31 Å². The van der Waals surface area contributed by atoms with Crippen molar-refractivity contribution in [2.24, 2.45) is 5.92 Å². The number of piperidine rings is 1. The number of hydrogen-bond acceptors (Lipinski definition) is 5. The van der Waals surface area contributed by atoms with Gasteiger partial charge in [0.25, 0.3) is 0 Å². The number of aromatic nitrogens is 1. The minimum atomic E-state index is -3.59. The molecule has 0 amide bonds. The SMILES string of the molecule is Cc1noc(C)c1S(=O)(=O)N1CC[C@]2(O)CCCC[C@@H]2C1. The second-order valence-electron chi connectivity index (χ2n) is 6.31. The van der Waals surface area contributed by atoms with Crippen molar-refractivity contribution in [3.05, 3.63) is 11.5 Å². The molecule has 0 bridgehead atoms. The Labute approximate surface area is 125 Å². The summed E-state index contributed by atoms with van der Waals surface area (Å²) in [5.74, 6) is 0.368. The molecule has 0 radical (unpaired) electrons. The molecule has 0 spiro atoms. The number of fused-ring (bicyclic) bond motifs is 1. The van der Waals surface area contributed by atoms with Crippen LogP contribution in [0.25, 0.3) is 0 Å². The first-order valence-corrected chi connectivity index (χ1v) is 8.94. The molecule has 21 heavy (non-hydrogen) atoms. The summed E-state index contributed by atoms with van der Waals surface area (Å²) in [5, 5.41) is 14.4. The zero-order valence-electron chi connectivity index (χ0n) is 12.5. The second-order valence-corrected chi connectivity index (χ2v) is 8.19. The summed E-state index contributed by atoms with van der Waals surface area (Å²) in [6.07, 6.45) is 4.29. The predicted octanol–water partition coefficient (Wildman–Crippen LogP) is 1.61. The maximum Gasteiger partial charge on any atom is 0.248 e. The van der Waals surface area contributed by atoms with Gasteiger partial charge in [0.1, 0.15) is 10.6 Å². The second kappa shape index (κ2) is 5.07. The molecule has 1 aromatic heterocycles. The van der Waals surface area contributed by atoms with E-state index in [1.807, 2.05) is 0 Å². The molecule has 7 heteroatoms. The molecule has 3 rings (SSSR count). The lowest BCUT2D eigenvalue weighted by Crippen LogP contribution is -2.54. The Balaban J connectivity index is 1.88. The van der Waals surface area contributed by atoms with Gasteiger partial charge in [-0.1, -0.05) is 18.0 Å².